The van der Waals surface area contributed by atoms with Crippen molar-refractivity contribution in [2.75, 3.05) is 63.2 Å². The fourth-order valence-corrected chi connectivity index (χ4v) is 6.95. The van der Waals surface area contributed by atoms with Crippen molar-refractivity contribution in [3.63, 3.8) is 0 Å². The summed E-state index contributed by atoms with van der Waals surface area (Å²) >= 11 is 5.52. The number of pyridine rings is 1. The van der Waals surface area contributed by atoms with Gasteiger partial charge in [0.1, 0.15) is 16.8 Å². The summed E-state index contributed by atoms with van der Waals surface area (Å²) in [6, 6.07) is 40.5. The molecule has 4 heterocycles. The number of hydrogen-bond donors (Lipinski definition) is 10. The molecular formula is C53H59Cl3N16O5. The fraction of sp³-hybridized carbons (Fsp3) is 0.0943. The van der Waals surface area contributed by atoms with Gasteiger partial charge in [-0.15, -0.1) is 24.8 Å². The van der Waals surface area contributed by atoms with Crippen LogP contribution in [0, 0.1) is 20.8 Å². The number of anilines is 12. The summed E-state index contributed by atoms with van der Waals surface area (Å²) in [6.45, 7) is 5.47. The number of aromatic carboxylic acids is 2. The number of carboxylic acid groups (broad SMARTS) is 2. The minimum Gasteiger partial charge on any atom is -0.478 e. The van der Waals surface area contributed by atoms with Gasteiger partial charge in [-0.05, 0) is 148 Å². The SMILES string of the molecule is Cc1cc(Cl)nc(N)n1.Cc1cc(Nc2ccc(C(=O)Nc3ccc(Nc4ccnc5ccc(N(C)C)cc45)cc3)cc2)nc(N)n1.Cc1cc(Nc2ccc(C(=O)O)cc2)nc(N)n1.Cl.Cl.Nc1ccc(C(=O)O)cc1.[2HH].[2H][2H]. The van der Waals surface area contributed by atoms with E-state index in [9.17, 15) is 14.4 Å². The summed E-state index contributed by atoms with van der Waals surface area (Å²) in [5.41, 5.74) is 31.9. The maximum absolute atomic E-state index is 12.8. The topological polar surface area (TPSA) is 337 Å². The number of fused-ring (bicyclic) bond motifs is 1. The van der Waals surface area contributed by atoms with Crippen LogP contribution in [0.4, 0.5) is 69.3 Å². The summed E-state index contributed by atoms with van der Waals surface area (Å²) in [5, 5.41) is 31.2. The molecule has 0 saturated heterocycles. The lowest BCUT2D eigenvalue weighted by atomic mass is 10.1. The number of rotatable bonds is 11. The lowest BCUT2D eigenvalue weighted by molar-refractivity contribution is 0.0686. The van der Waals surface area contributed by atoms with Gasteiger partial charge in [0.25, 0.3) is 5.91 Å². The summed E-state index contributed by atoms with van der Waals surface area (Å²) in [4.78, 5) is 64.0. The molecule has 5 aromatic carbocycles. The van der Waals surface area contributed by atoms with Crippen molar-refractivity contribution in [3.8, 4) is 0 Å². The average molecular weight is 1110 g/mol. The molecule has 0 radical (unpaired) electrons. The summed E-state index contributed by atoms with van der Waals surface area (Å²) in [7, 11) is 4.03. The summed E-state index contributed by atoms with van der Waals surface area (Å²) < 4.78 is 10.0. The molecule has 24 heteroatoms. The highest BCUT2D eigenvalue weighted by atomic mass is 35.5. The molecule has 9 aromatic rings. The molecule has 0 atom stereocenters. The molecule has 1 amide bonds. The van der Waals surface area contributed by atoms with Crippen molar-refractivity contribution in [2.24, 2.45) is 0 Å². The molecule has 0 saturated carbocycles. The monoisotopic (exact) mass is 1110 g/mol. The van der Waals surface area contributed by atoms with Crippen LogP contribution in [0.15, 0.2) is 146 Å². The third-order valence-corrected chi connectivity index (χ3v) is 10.4. The van der Waals surface area contributed by atoms with Gasteiger partial charge in [0.15, 0.2) is 0 Å². The predicted octanol–water partition coefficient (Wildman–Crippen LogP) is 10.9. The number of nitrogens with zero attached hydrogens (tertiary/aromatic N) is 8. The van der Waals surface area contributed by atoms with Crippen molar-refractivity contribution in [1.82, 2.24) is 34.9 Å². The van der Waals surface area contributed by atoms with Gasteiger partial charge < -0.3 is 59.3 Å². The van der Waals surface area contributed by atoms with E-state index in [1.807, 2.05) is 83.4 Å². The van der Waals surface area contributed by atoms with Crippen LogP contribution in [0.2, 0.25) is 5.15 Å². The molecule has 0 aliphatic rings. The van der Waals surface area contributed by atoms with Gasteiger partial charge in [-0.25, -0.2) is 29.5 Å². The number of carbonyl (C=O) groups excluding carboxylic acids is 1. The third-order valence-electron chi connectivity index (χ3n) is 10.2. The number of nitrogens with two attached hydrogens (primary N) is 4. The second kappa shape index (κ2) is 28.2. The van der Waals surface area contributed by atoms with Crippen LogP contribution in [0.25, 0.3) is 10.9 Å². The van der Waals surface area contributed by atoms with E-state index in [0.29, 0.717) is 33.7 Å². The van der Waals surface area contributed by atoms with Gasteiger partial charge >= 0.3 is 11.9 Å². The Balaban J connectivity index is 0.000000429. The van der Waals surface area contributed by atoms with Crippen molar-refractivity contribution >= 4 is 134 Å². The smallest absolute Gasteiger partial charge is 0.335 e. The first kappa shape index (κ1) is 58.3. The fourth-order valence-electron chi connectivity index (χ4n) is 6.70. The molecule has 0 bridgehead atoms. The Morgan fingerprint density at radius 3 is 1.42 bits per heavy atom. The second-order valence-corrected chi connectivity index (χ2v) is 16.8. The Bertz CT molecular complexity index is 3360. The molecule has 77 heavy (non-hydrogen) atoms. The van der Waals surface area contributed by atoms with E-state index in [1.54, 1.807) is 60.8 Å². The predicted molar refractivity (Wildman–Crippen MR) is 315 cm³/mol. The number of aromatic nitrogens is 7. The van der Waals surface area contributed by atoms with Crippen molar-refractivity contribution < 1.29 is 29.0 Å². The van der Waals surface area contributed by atoms with Crippen molar-refractivity contribution in [1.29, 1.82) is 0 Å². The van der Waals surface area contributed by atoms with Crippen LogP contribution < -0.4 is 49.1 Å². The minimum absolute atomic E-state index is 0. The van der Waals surface area contributed by atoms with Gasteiger partial charge in [-0.1, -0.05) is 11.6 Å². The Hall–Kier alpha value is -9.57. The largest absolute Gasteiger partial charge is 0.478 e. The summed E-state index contributed by atoms with van der Waals surface area (Å²) in [6.07, 6.45) is 1.79. The highest BCUT2D eigenvalue weighted by molar-refractivity contribution is 6.29. The quantitative estimate of drug-likeness (QED) is 0.0425. The number of carbonyl (C=O) groups is 3. The Morgan fingerprint density at radius 1 is 0.532 bits per heavy atom. The van der Waals surface area contributed by atoms with Crippen molar-refractivity contribution in [3.05, 3.63) is 185 Å². The van der Waals surface area contributed by atoms with Gasteiger partial charge in [-0.2, -0.15) is 9.97 Å². The van der Waals surface area contributed by atoms with E-state index in [-0.39, 0.29) is 61.1 Å². The number of nitrogens with one attached hydrogen (secondary N) is 4. The lowest BCUT2D eigenvalue weighted by Crippen LogP contribution is -2.11. The first-order valence-electron chi connectivity index (χ1n) is 23.6. The summed E-state index contributed by atoms with van der Waals surface area (Å²) in [5.74, 6) is -0.293. The van der Waals surface area contributed by atoms with Crippen LogP contribution in [0.5, 0.6) is 0 Å². The average Bonchev–Trinajstić information content (AvgIpc) is 3.37. The van der Waals surface area contributed by atoms with Crippen molar-refractivity contribution in [2.45, 2.75) is 20.8 Å². The maximum atomic E-state index is 12.8. The second-order valence-electron chi connectivity index (χ2n) is 16.4. The first-order valence-corrected chi connectivity index (χ1v) is 22.9. The van der Waals surface area contributed by atoms with Gasteiger partial charge in [0.2, 0.25) is 17.8 Å². The number of aryl methyl sites for hydroxylation is 3. The minimum atomic E-state index is -0.955. The van der Waals surface area contributed by atoms with E-state index >= 15 is 0 Å². The molecule has 14 N–H and O–H groups in total. The highest BCUT2D eigenvalue weighted by Crippen LogP contribution is 2.29. The van der Waals surface area contributed by atoms with E-state index in [0.717, 1.165) is 56.4 Å². The van der Waals surface area contributed by atoms with Gasteiger partial charge in [-0.3, -0.25) is 9.78 Å². The molecule has 0 spiro atoms. The lowest BCUT2D eigenvalue weighted by Gasteiger charge is -2.15. The van der Waals surface area contributed by atoms with Crippen LogP contribution in [-0.4, -0.2) is 77.0 Å². The third kappa shape index (κ3) is 18.7. The van der Waals surface area contributed by atoms with E-state index in [1.165, 1.54) is 24.3 Å². The Morgan fingerprint density at radius 2 is 0.961 bits per heavy atom. The molecule has 4 aromatic heterocycles. The number of carboxylic acids is 2. The first-order chi connectivity index (χ1) is 36.8. The van der Waals surface area contributed by atoms with Crippen LogP contribution in [-0.2, 0) is 0 Å². The zero-order chi connectivity index (χ0) is 56.2. The normalized spacial score (nSPS) is 10.1. The molecule has 9 rings (SSSR count). The molecule has 0 fully saturated rings. The number of amides is 1. The van der Waals surface area contributed by atoms with Gasteiger partial charge in [0, 0.05) is 105 Å². The standard InChI is InChI=1S/C29H28N8O.C12H12N4O2.C7H7NO2.C5H6ClN3.2ClH.2H2/c1-18-16-27(36-29(30)32-18)34-21-6-4-19(5-7-21)28(38)35-22-10-8-20(9-11-22)33-26-14-15-31-25-13-12-23(37(2)3)17-24(25)26;1-7-6-10(16-12(13)14-7)15-9-4-2-8(3-5-9)11(17)18;8-6-3-1-5(2-4-6)7(9)10;1-3-2-4(6)9-5(7)8-3;;;;/h4-17H,1-3H3,(H,31,33)(H,35,38)(H3,30,32,34,36);2-6H,1H3,(H,17,18)(H3,13,14,15,16);1-4H,8H2,(H,9,10);2H,1H3,(H2,7,8,9);4*1H/i;;;;;;1+1D;1+1. The number of hydrogen-bond acceptors (Lipinski definition) is 18. The zero-order valence-corrected chi connectivity index (χ0v) is 44.4. The molecule has 0 aliphatic carbocycles. The maximum Gasteiger partial charge on any atom is 0.335 e. The van der Waals surface area contributed by atoms with E-state index in [4.69, 9.17) is 47.7 Å². The van der Waals surface area contributed by atoms with Crippen LogP contribution >= 0.6 is 36.4 Å². The van der Waals surface area contributed by atoms with Gasteiger partial charge in [0.05, 0.1) is 16.6 Å². The Kier molecular flexibility index (Phi) is 21.4. The number of benzene rings is 5. The Labute approximate surface area is 465 Å². The molecule has 0 aliphatic heterocycles. The van der Waals surface area contributed by atoms with Crippen LogP contribution in [0.3, 0.4) is 0 Å². The van der Waals surface area contributed by atoms with E-state index < -0.39 is 11.9 Å². The molecule has 21 nitrogen and oxygen atoms in total. The molecule has 0 unspecified atom stereocenters. The zero-order valence-electron chi connectivity index (χ0n) is 44.1. The highest BCUT2D eigenvalue weighted by Gasteiger charge is 2.10. The van der Waals surface area contributed by atoms with Crippen LogP contribution in [0.1, 0.15) is 52.6 Å². The van der Waals surface area contributed by atoms with E-state index in [2.05, 4.69) is 73.2 Å². The molecular weight excluding hydrogens is 1050 g/mol. The molecule has 402 valence electrons. The number of halogens is 3. The number of nitrogen functional groups attached to an aromatic ring is 4.